The molecule has 1 aromatic heterocycles. The highest BCUT2D eigenvalue weighted by molar-refractivity contribution is 5.94. The fourth-order valence-electron chi connectivity index (χ4n) is 4.84. The summed E-state index contributed by atoms with van der Waals surface area (Å²) in [4.78, 5) is 32.7. The number of anilines is 3. The molecule has 1 amide bonds. The Hall–Kier alpha value is -4.37. The zero-order chi connectivity index (χ0) is 27.7. The molecule has 39 heavy (non-hydrogen) atoms. The van der Waals surface area contributed by atoms with Crippen LogP contribution in [-0.2, 0) is 17.8 Å². The smallest absolute Gasteiger partial charge is 0.277 e. The number of aryl methyl sites for hydroxylation is 1. The van der Waals surface area contributed by atoms with Crippen molar-refractivity contribution < 1.29 is 13.6 Å². The predicted octanol–water partition coefficient (Wildman–Crippen LogP) is 4.79. The minimum Gasteiger partial charge on any atom is -0.341 e. The molecule has 0 unspecified atom stereocenters. The van der Waals surface area contributed by atoms with Gasteiger partial charge in [0, 0.05) is 23.5 Å². The molecule has 0 saturated carbocycles. The van der Waals surface area contributed by atoms with E-state index in [1.807, 2.05) is 42.2 Å². The van der Waals surface area contributed by atoms with E-state index in [0.29, 0.717) is 30.0 Å². The van der Waals surface area contributed by atoms with Gasteiger partial charge in [0.15, 0.2) is 0 Å². The van der Waals surface area contributed by atoms with Gasteiger partial charge in [-0.15, -0.1) is 0 Å². The summed E-state index contributed by atoms with van der Waals surface area (Å²) in [5.74, 6) is -0.722. The second-order valence-corrected chi connectivity index (χ2v) is 9.69. The molecule has 1 atom stereocenters. The standard InChI is InChI=1S/C30H29F2N5O2/c1-18-6-4-5-7-25(18)28-34-16-26(35-29(38)19(2)33-3)30(39)37(28)17-20-12-23(32)15-24(13-20)36-11-10-21-14-22(31)8-9-27(21)36/h4-9,12-16,19,33H,10-11,17H2,1-3H3,(H,35,38)/t19-/m0/s1. The molecule has 200 valence electrons. The number of aromatic nitrogens is 2. The van der Waals surface area contributed by atoms with Crippen LogP contribution in [-0.4, -0.2) is 35.1 Å². The summed E-state index contributed by atoms with van der Waals surface area (Å²) in [6, 6.07) is 16.3. The highest BCUT2D eigenvalue weighted by atomic mass is 19.1. The number of hydrogen-bond acceptors (Lipinski definition) is 5. The SMILES string of the molecule is CN[C@@H](C)C(=O)Nc1cnc(-c2ccccc2C)n(Cc2cc(F)cc(N3CCc4cc(F)ccc43)c2)c1=O. The molecule has 1 aliphatic heterocycles. The molecular formula is C30H29F2N5O2. The van der Waals surface area contributed by atoms with E-state index in [0.717, 1.165) is 22.4 Å². The molecule has 5 rings (SSSR count). The Labute approximate surface area is 225 Å². The second-order valence-electron chi connectivity index (χ2n) is 9.69. The van der Waals surface area contributed by atoms with Crippen LogP contribution >= 0.6 is 0 Å². The van der Waals surface area contributed by atoms with Crippen molar-refractivity contribution in [2.75, 3.05) is 23.8 Å². The summed E-state index contributed by atoms with van der Waals surface area (Å²) < 4.78 is 30.1. The number of nitrogens with zero attached hydrogens (tertiary/aromatic N) is 3. The average Bonchev–Trinajstić information content (AvgIpc) is 3.34. The maximum Gasteiger partial charge on any atom is 0.277 e. The van der Waals surface area contributed by atoms with Gasteiger partial charge in [0.25, 0.3) is 5.56 Å². The van der Waals surface area contributed by atoms with E-state index in [1.54, 1.807) is 20.0 Å². The Balaban J connectivity index is 1.57. The van der Waals surface area contributed by atoms with Crippen molar-refractivity contribution in [2.24, 2.45) is 0 Å². The van der Waals surface area contributed by atoms with Gasteiger partial charge in [0.2, 0.25) is 5.91 Å². The molecular weight excluding hydrogens is 500 g/mol. The van der Waals surface area contributed by atoms with Crippen LogP contribution in [0.2, 0.25) is 0 Å². The predicted molar refractivity (Wildman–Crippen MR) is 148 cm³/mol. The van der Waals surface area contributed by atoms with Crippen molar-refractivity contribution in [1.29, 1.82) is 0 Å². The summed E-state index contributed by atoms with van der Waals surface area (Å²) in [5, 5.41) is 5.50. The minimum atomic E-state index is -0.517. The number of likely N-dealkylation sites (N-methyl/N-ethyl adjacent to an activating group) is 1. The highest BCUT2D eigenvalue weighted by Crippen LogP contribution is 2.36. The van der Waals surface area contributed by atoms with Gasteiger partial charge >= 0.3 is 0 Å². The Morgan fingerprint density at radius 1 is 1.08 bits per heavy atom. The molecule has 9 heteroatoms. The number of carbonyl (C=O) groups is 1. The van der Waals surface area contributed by atoms with Crippen LogP contribution in [0.1, 0.15) is 23.6 Å². The third kappa shape index (κ3) is 5.31. The molecule has 7 nitrogen and oxygen atoms in total. The van der Waals surface area contributed by atoms with Crippen LogP contribution in [0.3, 0.4) is 0 Å². The van der Waals surface area contributed by atoms with E-state index in [9.17, 15) is 18.4 Å². The minimum absolute atomic E-state index is 0.0235. The van der Waals surface area contributed by atoms with Gasteiger partial charge in [-0.1, -0.05) is 24.3 Å². The van der Waals surface area contributed by atoms with E-state index in [1.165, 1.54) is 35.0 Å². The lowest BCUT2D eigenvalue weighted by molar-refractivity contribution is -0.117. The lowest BCUT2D eigenvalue weighted by Gasteiger charge is -2.21. The maximum absolute atomic E-state index is 14.9. The number of halogens is 2. The molecule has 2 N–H and O–H groups in total. The first-order chi connectivity index (χ1) is 18.7. The molecule has 0 radical (unpaired) electrons. The largest absolute Gasteiger partial charge is 0.341 e. The van der Waals surface area contributed by atoms with E-state index in [4.69, 9.17) is 0 Å². The van der Waals surface area contributed by atoms with Crippen molar-refractivity contribution in [3.05, 3.63) is 106 Å². The molecule has 0 spiro atoms. The summed E-state index contributed by atoms with van der Waals surface area (Å²) in [7, 11) is 1.65. The molecule has 3 aromatic carbocycles. The second kappa shape index (κ2) is 10.8. The molecule has 1 aliphatic rings. The first kappa shape index (κ1) is 26.2. The number of benzene rings is 3. The van der Waals surface area contributed by atoms with Crippen LogP contribution in [0.25, 0.3) is 11.4 Å². The molecule has 0 saturated heterocycles. The van der Waals surface area contributed by atoms with E-state index >= 15 is 0 Å². The Kier molecular flexibility index (Phi) is 7.26. The fourth-order valence-corrected chi connectivity index (χ4v) is 4.84. The Morgan fingerprint density at radius 2 is 1.87 bits per heavy atom. The van der Waals surface area contributed by atoms with Crippen LogP contribution < -0.4 is 21.1 Å². The van der Waals surface area contributed by atoms with Crippen LogP contribution in [0.15, 0.2) is 71.7 Å². The maximum atomic E-state index is 14.9. The zero-order valence-electron chi connectivity index (χ0n) is 22.0. The van der Waals surface area contributed by atoms with Gasteiger partial charge in [-0.2, -0.15) is 0 Å². The van der Waals surface area contributed by atoms with Crippen molar-refractivity contribution in [1.82, 2.24) is 14.9 Å². The Bertz CT molecular complexity index is 1620. The van der Waals surface area contributed by atoms with Crippen molar-refractivity contribution >= 4 is 23.0 Å². The molecule has 0 fully saturated rings. The third-order valence-corrected chi connectivity index (χ3v) is 7.05. The zero-order valence-corrected chi connectivity index (χ0v) is 22.0. The van der Waals surface area contributed by atoms with E-state index < -0.39 is 17.4 Å². The number of amides is 1. The molecule has 0 bridgehead atoms. The van der Waals surface area contributed by atoms with Gasteiger partial charge in [0.05, 0.1) is 18.8 Å². The number of rotatable bonds is 7. The fraction of sp³-hybridized carbons (Fsp3) is 0.233. The van der Waals surface area contributed by atoms with Crippen LogP contribution in [0, 0.1) is 18.6 Å². The summed E-state index contributed by atoms with van der Waals surface area (Å²) >= 11 is 0. The van der Waals surface area contributed by atoms with E-state index in [2.05, 4.69) is 15.6 Å². The Morgan fingerprint density at radius 3 is 2.64 bits per heavy atom. The summed E-state index contributed by atoms with van der Waals surface area (Å²) in [5.41, 5.74) is 4.10. The van der Waals surface area contributed by atoms with Gasteiger partial charge in [-0.25, -0.2) is 13.8 Å². The molecule has 0 aliphatic carbocycles. The van der Waals surface area contributed by atoms with E-state index in [-0.39, 0.29) is 24.0 Å². The van der Waals surface area contributed by atoms with Crippen LogP contribution in [0.4, 0.5) is 25.8 Å². The lowest BCUT2D eigenvalue weighted by Crippen LogP contribution is -2.38. The number of hydrogen-bond donors (Lipinski definition) is 2. The van der Waals surface area contributed by atoms with Crippen molar-refractivity contribution in [2.45, 2.75) is 32.9 Å². The topological polar surface area (TPSA) is 79.3 Å². The third-order valence-electron chi connectivity index (χ3n) is 7.05. The van der Waals surface area contributed by atoms with Gasteiger partial charge < -0.3 is 15.5 Å². The van der Waals surface area contributed by atoms with Gasteiger partial charge in [-0.05, 0) is 80.4 Å². The lowest BCUT2D eigenvalue weighted by atomic mass is 10.1. The number of carbonyl (C=O) groups excluding carboxylic acids is 1. The van der Waals surface area contributed by atoms with Crippen LogP contribution in [0.5, 0.6) is 0 Å². The number of fused-ring (bicyclic) bond motifs is 1. The first-order valence-corrected chi connectivity index (χ1v) is 12.7. The van der Waals surface area contributed by atoms with Crippen molar-refractivity contribution in [3.8, 4) is 11.4 Å². The van der Waals surface area contributed by atoms with Crippen molar-refractivity contribution in [3.63, 3.8) is 0 Å². The quantitative estimate of drug-likeness (QED) is 0.360. The summed E-state index contributed by atoms with van der Waals surface area (Å²) in [6.45, 7) is 4.21. The monoisotopic (exact) mass is 529 g/mol. The highest BCUT2D eigenvalue weighted by Gasteiger charge is 2.23. The first-order valence-electron chi connectivity index (χ1n) is 12.7. The normalized spacial score (nSPS) is 13.3. The summed E-state index contributed by atoms with van der Waals surface area (Å²) in [6.07, 6.45) is 2.00. The average molecular weight is 530 g/mol. The number of nitrogens with one attached hydrogen (secondary N) is 2. The molecule has 2 heterocycles. The molecule has 4 aromatic rings. The van der Waals surface area contributed by atoms with Gasteiger partial charge in [0.1, 0.15) is 23.1 Å². The van der Waals surface area contributed by atoms with Gasteiger partial charge in [-0.3, -0.25) is 14.2 Å².